The minimum absolute atomic E-state index is 1.25. The van der Waals surface area contributed by atoms with Crippen LogP contribution in [0, 0.1) is 0 Å². The third-order valence-corrected chi connectivity index (χ3v) is 2.98. The summed E-state index contributed by atoms with van der Waals surface area (Å²) in [6.07, 6.45) is 6.72. The highest BCUT2D eigenvalue weighted by Crippen LogP contribution is 2.10. The maximum absolute atomic E-state index is 2.38. The van der Waals surface area contributed by atoms with Crippen molar-refractivity contribution in [2.24, 2.45) is 0 Å². The lowest BCUT2D eigenvalue weighted by atomic mass is 10.2. The van der Waals surface area contributed by atoms with Crippen LogP contribution in [-0.4, -0.2) is 23.7 Å². The number of nitrogens with zero attached hydrogens (tertiary/aromatic N) is 1. The maximum Gasteiger partial charge on any atom is 0.00862 e. The average molecular weight is 189 g/mol. The molecule has 0 atom stereocenters. The Hall–Kier alpha value is 0.310. The summed E-state index contributed by atoms with van der Waals surface area (Å²) in [5.41, 5.74) is 0. The first kappa shape index (κ1) is 12.3. The smallest absolute Gasteiger partial charge is 0.00862 e. The standard InChI is InChI=1S/C10H23NS/c1-4-6-8-9-11(3)12-10-7-5-2/h4-10H2,1-3H3. The molecule has 0 aliphatic rings. The molecule has 0 unspecified atom stereocenters. The number of hydrogen-bond donors (Lipinski definition) is 0. The summed E-state index contributed by atoms with van der Waals surface area (Å²) in [6.45, 7) is 5.75. The molecule has 0 spiro atoms. The molecule has 12 heavy (non-hydrogen) atoms. The molecule has 0 aromatic rings. The molecule has 0 saturated heterocycles. The van der Waals surface area contributed by atoms with Crippen LogP contribution in [0.3, 0.4) is 0 Å². The molecule has 0 radical (unpaired) electrons. The van der Waals surface area contributed by atoms with Crippen LogP contribution in [0.15, 0.2) is 0 Å². The van der Waals surface area contributed by atoms with Crippen molar-refractivity contribution in [3.63, 3.8) is 0 Å². The van der Waals surface area contributed by atoms with Crippen LogP contribution in [0.4, 0.5) is 0 Å². The zero-order valence-electron chi connectivity index (χ0n) is 8.81. The van der Waals surface area contributed by atoms with E-state index in [-0.39, 0.29) is 0 Å². The second-order valence-corrected chi connectivity index (χ2v) is 4.54. The fourth-order valence-electron chi connectivity index (χ4n) is 1.01. The minimum atomic E-state index is 1.25. The average Bonchev–Trinajstić information content (AvgIpc) is 2.06. The van der Waals surface area contributed by atoms with Gasteiger partial charge in [-0.3, -0.25) is 4.31 Å². The molecule has 0 rings (SSSR count). The first-order valence-electron chi connectivity index (χ1n) is 5.15. The molecule has 0 aromatic heterocycles. The Balaban J connectivity index is 3.04. The summed E-state index contributed by atoms with van der Waals surface area (Å²) in [4.78, 5) is 0. The van der Waals surface area contributed by atoms with Crippen LogP contribution in [0.25, 0.3) is 0 Å². The number of rotatable bonds is 8. The van der Waals surface area contributed by atoms with E-state index in [1.54, 1.807) is 0 Å². The SMILES string of the molecule is CCCCCN(C)SCCCC. The van der Waals surface area contributed by atoms with Gasteiger partial charge in [-0.15, -0.1) is 0 Å². The van der Waals surface area contributed by atoms with E-state index in [0.717, 1.165) is 0 Å². The molecule has 0 aliphatic carbocycles. The van der Waals surface area contributed by atoms with E-state index in [1.165, 1.54) is 44.4 Å². The van der Waals surface area contributed by atoms with Gasteiger partial charge in [-0.1, -0.05) is 45.1 Å². The molecule has 74 valence electrons. The van der Waals surface area contributed by atoms with Gasteiger partial charge in [0.05, 0.1) is 0 Å². The summed E-state index contributed by atoms with van der Waals surface area (Å²) < 4.78 is 2.38. The molecule has 0 fully saturated rings. The van der Waals surface area contributed by atoms with Crippen molar-refractivity contribution in [2.45, 2.75) is 46.0 Å². The van der Waals surface area contributed by atoms with Gasteiger partial charge in [0.25, 0.3) is 0 Å². The van der Waals surface area contributed by atoms with Gasteiger partial charge in [-0.05, 0) is 19.9 Å². The van der Waals surface area contributed by atoms with Crippen molar-refractivity contribution in [3.05, 3.63) is 0 Å². The fourth-order valence-corrected chi connectivity index (χ4v) is 2.00. The number of unbranched alkanes of at least 4 members (excludes halogenated alkanes) is 3. The van der Waals surface area contributed by atoms with E-state index in [1.807, 2.05) is 11.9 Å². The van der Waals surface area contributed by atoms with Crippen molar-refractivity contribution < 1.29 is 0 Å². The zero-order chi connectivity index (χ0) is 9.23. The van der Waals surface area contributed by atoms with Crippen LogP contribution in [0.2, 0.25) is 0 Å². The van der Waals surface area contributed by atoms with Gasteiger partial charge in [-0.25, -0.2) is 0 Å². The maximum atomic E-state index is 2.38. The highest BCUT2D eigenvalue weighted by atomic mass is 32.2. The van der Waals surface area contributed by atoms with Crippen molar-refractivity contribution in [1.82, 2.24) is 4.31 Å². The van der Waals surface area contributed by atoms with E-state index in [9.17, 15) is 0 Å². The molecule has 0 aliphatic heterocycles. The summed E-state index contributed by atoms with van der Waals surface area (Å²) >= 11 is 1.98. The van der Waals surface area contributed by atoms with Crippen LogP contribution in [0.5, 0.6) is 0 Å². The molecule has 0 heterocycles. The van der Waals surface area contributed by atoms with Crippen LogP contribution < -0.4 is 0 Å². The lowest BCUT2D eigenvalue weighted by Crippen LogP contribution is -2.11. The van der Waals surface area contributed by atoms with Gasteiger partial charge in [0.1, 0.15) is 0 Å². The van der Waals surface area contributed by atoms with Gasteiger partial charge < -0.3 is 0 Å². The zero-order valence-corrected chi connectivity index (χ0v) is 9.62. The van der Waals surface area contributed by atoms with Gasteiger partial charge in [0.2, 0.25) is 0 Å². The molecule has 0 saturated carbocycles. The quantitative estimate of drug-likeness (QED) is 0.424. The third kappa shape index (κ3) is 8.41. The van der Waals surface area contributed by atoms with E-state index in [2.05, 4.69) is 25.2 Å². The first-order valence-corrected chi connectivity index (χ1v) is 6.09. The van der Waals surface area contributed by atoms with Crippen molar-refractivity contribution >= 4 is 11.9 Å². The van der Waals surface area contributed by atoms with E-state index in [4.69, 9.17) is 0 Å². The van der Waals surface area contributed by atoms with Crippen molar-refractivity contribution in [1.29, 1.82) is 0 Å². The van der Waals surface area contributed by atoms with Crippen molar-refractivity contribution in [2.75, 3.05) is 19.3 Å². The van der Waals surface area contributed by atoms with Crippen LogP contribution in [-0.2, 0) is 0 Å². The second kappa shape index (κ2) is 9.40. The first-order chi connectivity index (χ1) is 5.81. The number of hydrogen-bond acceptors (Lipinski definition) is 2. The van der Waals surface area contributed by atoms with Gasteiger partial charge in [-0.2, -0.15) is 0 Å². The highest BCUT2D eigenvalue weighted by Gasteiger charge is 1.96. The highest BCUT2D eigenvalue weighted by molar-refractivity contribution is 7.96. The summed E-state index contributed by atoms with van der Waals surface area (Å²) in [7, 11) is 2.20. The molecular formula is C10H23NS. The van der Waals surface area contributed by atoms with Gasteiger partial charge >= 0.3 is 0 Å². The molecule has 0 amide bonds. The molecule has 0 aromatic carbocycles. The topological polar surface area (TPSA) is 3.24 Å². The Morgan fingerprint density at radius 3 is 2.25 bits per heavy atom. The Morgan fingerprint density at radius 2 is 1.67 bits per heavy atom. The molecule has 1 nitrogen and oxygen atoms in total. The monoisotopic (exact) mass is 189 g/mol. The fraction of sp³-hybridized carbons (Fsp3) is 1.00. The van der Waals surface area contributed by atoms with E-state index >= 15 is 0 Å². The summed E-state index contributed by atoms with van der Waals surface area (Å²) in [5.74, 6) is 1.29. The predicted molar refractivity (Wildman–Crippen MR) is 59.5 cm³/mol. The predicted octanol–water partition coefficient (Wildman–Crippen LogP) is 3.56. The Kier molecular flexibility index (Phi) is 9.64. The van der Waals surface area contributed by atoms with Crippen LogP contribution in [0.1, 0.15) is 46.0 Å². The second-order valence-electron chi connectivity index (χ2n) is 3.25. The minimum Gasteiger partial charge on any atom is -0.254 e. The Bertz CT molecular complexity index is 75.9. The van der Waals surface area contributed by atoms with Crippen molar-refractivity contribution in [3.8, 4) is 0 Å². The molecule has 0 N–H and O–H groups in total. The van der Waals surface area contributed by atoms with E-state index < -0.39 is 0 Å². The molecule has 2 heteroatoms. The molecular weight excluding hydrogens is 166 g/mol. The third-order valence-electron chi connectivity index (χ3n) is 1.89. The summed E-state index contributed by atoms with van der Waals surface area (Å²) in [5, 5.41) is 0. The van der Waals surface area contributed by atoms with E-state index in [0.29, 0.717) is 0 Å². The molecule has 0 bridgehead atoms. The Labute approximate surface area is 82.0 Å². The normalized spacial score (nSPS) is 11.0. The van der Waals surface area contributed by atoms with Gasteiger partial charge in [0, 0.05) is 12.3 Å². The summed E-state index contributed by atoms with van der Waals surface area (Å²) in [6, 6.07) is 0. The largest absolute Gasteiger partial charge is 0.254 e. The lowest BCUT2D eigenvalue weighted by molar-refractivity contribution is 0.523. The lowest BCUT2D eigenvalue weighted by Gasteiger charge is -2.14. The van der Waals surface area contributed by atoms with Crippen LogP contribution >= 0.6 is 11.9 Å². The van der Waals surface area contributed by atoms with Gasteiger partial charge in [0.15, 0.2) is 0 Å². The Morgan fingerprint density at radius 1 is 1.00 bits per heavy atom.